The number of hydrogen-bond donors (Lipinski definition) is 1. The maximum atomic E-state index is 12.3. The first-order chi connectivity index (χ1) is 6.02. The van der Waals surface area contributed by atoms with Crippen molar-refractivity contribution < 1.29 is 8.78 Å². The van der Waals surface area contributed by atoms with Crippen molar-refractivity contribution >= 4 is 12.4 Å². The summed E-state index contributed by atoms with van der Waals surface area (Å²) in [6.07, 6.45) is -2.50. The molecule has 80 valence electrons. The summed E-state index contributed by atoms with van der Waals surface area (Å²) in [6, 6.07) is 4.25. The smallest absolute Gasteiger partial charge is 0.257 e. The van der Waals surface area contributed by atoms with Crippen LogP contribution in [-0.4, -0.2) is 6.43 Å². The highest BCUT2D eigenvalue weighted by Crippen LogP contribution is 2.22. The van der Waals surface area contributed by atoms with Crippen LogP contribution >= 0.6 is 12.4 Å². The molecule has 0 fully saturated rings. The average molecular weight is 222 g/mol. The Morgan fingerprint density at radius 2 is 1.79 bits per heavy atom. The molecule has 0 radical (unpaired) electrons. The predicted molar refractivity (Wildman–Crippen MR) is 56.1 cm³/mol. The summed E-state index contributed by atoms with van der Waals surface area (Å²) in [4.78, 5) is 0. The molecule has 2 N–H and O–H groups in total. The van der Waals surface area contributed by atoms with Gasteiger partial charge in [-0.25, -0.2) is 8.78 Å². The minimum absolute atomic E-state index is 0. The molecule has 0 amide bonds. The zero-order valence-corrected chi connectivity index (χ0v) is 8.94. The van der Waals surface area contributed by atoms with Gasteiger partial charge in [0.25, 0.3) is 6.43 Å². The Morgan fingerprint density at radius 3 is 2.29 bits per heavy atom. The second-order valence-corrected chi connectivity index (χ2v) is 3.22. The maximum Gasteiger partial charge on any atom is 0.257 e. The maximum absolute atomic E-state index is 12.3. The van der Waals surface area contributed by atoms with Crippen LogP contribution in [0.25, 0.3) is 0 Å². The van der Waals surface area contributed by atoms with Crippen LogP contribution in [0.3, 0.4) is 0 Å². The largest absolute Gasteiger partial charge is 0.319 e. The van der Waals surface area contributed by atoms with E-state index in [0.717, 1.165) is 11.1 Å². The number of hydrogen-bond acceptors (Lipinski definition) is 1. The molecule has 0 aliphatic rings. The number of halogens is 3. The standard InChI is InChI=1S/C10H13F2N.ClH/c1-6-3-4-7(2)8(5-6)9(13)10(11)12;/h3-5,9-10H,13H2,1-2H3;1H/t9-;/m1./s1. The summed E-state index contributed by atoms with van der Waals surface area (Å²) in [6.45, 7) is 3.65. The molecule has 0 saturated heterocycles. The summed E-state index contributed by atoms with van der Waals surface area (Å²) in [7, 11) is 0. The molecule has 0 aliphatic carbocycles. The van der Waals surface area contributed by atoms with E-state index >= 15 is 0 Å². The van der Waals surface area contributed by atoms with Crippen molar-refractivity contribution in [2.24, 2.45) is 5.73 Å². The van der Waals surface area contributed by atoms with Crippen molar-refractivity contribution in [2.45, 2.75) is 26.3 Å². The molecular weight excluding hydrogens is 208 g/mol. The summed E-state index contributed by atoms with van der Waals surface area (Å²) >= 11 is 0. The van der Waals surface area contributed by atoms with Crippen molar-refractivity contribution in [3.05, 3.63) is 34.9 Å². The monoisotopic (exact) mass is 221 g/mol. The van der Waals surface area contributed by atoms with Gasteiger partial charge in [-0.1, -0.05) is 23.8 Å². The van der Waals surface area contributed by atoms with E-state index in [1.54, 1.807) is 13.0 Å². The van der Waals surface area contributed by atoms with E-state index in [0.29, 0.717) is 5.56 Å². The number of aryl methyl sites for hydroxylation is 2. The van der Waals surface area contributed by atoms with Gasteiger partial charge in [-0.05, 0) is 25.0 Å². The third kappa shape index (κ3) is 2.93. The van der Waals surface area contributed by atoms with Gasteiger partial charge >= 0.3 is 0 Å². The van der Waals surface area contributed by atoms with Crippen LogP contribution in [0.5, 0.6) is 0 Å². The highest BCUT2D eigenvalue weighted by atomic mass is 35.5. The first-order valence-electron chi connectivity index (χ1n) is 4.13. The minimum atomic E-state index is -2.50. The molecule has 1 rings (SSSR count). The molecule has 1 aromatic rings. The summed E-state index contributed by atoms with van der Waals surface area (Å²) in [5.74, 6) is 0. The van der Waals surface area contributed by atoms with E-state index in [9.17, 15) is 8.78 Å². The van der Waals surface area contributed by atoms with Gasteiger partial charge in [0.05, 0.1) is 6.04 Å². The quantitative estimate of drug-likeness (QED) is 0.817. The van der Waals surface area contributed by atoms with E-state index in [4.69, 9.17) is 5.73 Å². The first-order valence-corrected chi connectivity index (χ1v) is 4.13. The fraction of sp³-hybridized carbons (Fsp3) is 0.400. The molecule has 1 atom stereocenters. The van der Waals surface area contributed by atoms with Gasteiger partial charge in [0, 0.05) is 0 Å². The van der Waals surface area contributed by atoms with Crippen molar-refractivity contribution in [1.82, 2.24) is 0 Å². The van der Waals surface area contributed by atoms with Crippen LogP contribution in [-0.2, 0) is 0 Å². The van der Waals surface area contributed by atoms with E-state index in [-0.39, 0.29) is 12.4 Å². The second-order valence-electron chi connectivity index (χ2n) is 3.22. The van der Waals surface area contributed by atoms with Crippen molar-refractivity contribution in [3.8, 4) is 0 Å². The van der Waals surface area contributed by atoms with E-state index < -0.39 is 12.5 Å². The second kappa shape index (κ2) is 5.27. The van der Waals surface area contributed by atoms with Crippen LogP contribution < -0.4 is 5.73 Å². The lowest BCUT2D eigenvalue weighted by atomic mass is 10.00. The zero-order chi connectivity index (χ0) is 10.0. The lowest BCUT2D eigenvalue weighted by Gasteiger charge is -2.14. The van der Waals surface area contributed by atoms with Gasteiger partial charge < -0.3 is 5.73 Å². The topological polar surface area (TPSA) is 26.0 Å². The molecule has 0 aliphatic heterocycles. The Hall–Kier alpha value is -0.670. The minimum Gasteiger partial charge on any atom is -0.319 e. The number of benzene rings is 1. The average Bonchev–Trinajstić information content (AvgIpc) is 2.08. The van der Waals surface area contributed by atoms with Crippen molar-refractivity contribution in [2.75, 3.05) is 0 Å². The molecule has 4 heteroatoms. The molecule has 0 bridgehead atoms. The molecule has 0 aromatic heterocycles. The molecule has 14 heavy (non-hydrogen) atoms. The van der Waals surface area contributed by atoms with Crippen LogP contribution in [0.15, 0.2) is 18.2 Å². The highest BCUT2D eigenvalue weighted by Gasteiger charge is 2.18. The van der Waals surface area contributed by atoms with E-state index in [1.807, 2.05) is 19.1 Å². The lowest BCUT2D eigenvalue weighted by molar-refractivity contribution is 0.116. The Bertz CT molecular complexity index is 302. The Balaban J connectivity index is 0.00000169. The van der Waals surface area contributed by atoms with Gasteiger partial charge in [-0.2, -0.15) is 0 Å². The van der Waals surface area contributed by atoms with Crippen LogP contribution in [0.1, 0.15) is 22.7 Å². The van der Waals surface area contributed by atoms with Crippen LogP contribution in [0.2, 0.25) is 0 Å². The summed E-state index contributed by atoms with van der Waals surface area (Å²) in [5.41, 5.74) is 7.67. The predicted octanol–water partition coefficient (Wildman–Crippen LogP) is 2.99. The summed E-state index contributed by atoms with van der Waals surface area (Å²) < 4.78 is 24.6. The van der Waals surface area contributed by atoms with E-state index in [1.165, 1.54) is 0 Å². The van der Waals surface area contributed by atoms with Gasteiger partial charge in [0.1, 0.15) is 0 Å². The third-order valence-corrected chi connectivity index (χ3v) is 2.07. The molecule has 0 saturated carbocycles. The fourth-order valence-electron chi connectivity index (χ4n) is 1.25. The number of rotatable bonds is 2. The summed E-state index contributed by atoms with van der Waals surface area (Å²) in [5, 5.41) is 0. The molecule has 1 nitrogen and oxygen atoms in total. The number of nitrogens with two attached hydrogens (primary N) is 1. The molecular formula is C10H14ClF2N. The van der Waals surface area contributed by atoms with Gasteiger partial charge in [-0.3, -0.25) is 0 Å². The normalized spacial score (nSPS) is 12.4. The van der Waals surface area contributed by atoms with Crippen molar-refractivity contribution in [1.29, 1.82) is 0 Å². The Labute approximate surface area is 88.7 Å². The molecule has 0 heterocycles. The number of alkyl halides is 2. The van der Waals surface area contributed by atoms with Gasteiger partial charge in [0.2, 0.25) is 0 Å². The lowest BCUT2D eigenvalue weighted by Crippen LogP contribution is -2.20. The van der Waals surface area contributed by atoms with Gasteiger partial charge in [-0.15, -0.1) is 12.4 Å². The molecule has 1 aromatic carbocycles. The third-order valence-electron chi connectivity index (χ3n) is 2.07. The Kier molecular flexibility index (Phi) is 5.02. The molecule has 0 unspecified atom stereocenters. The zero-order valence-electron chi connectivity index (χ0n) is 8.13. The van der Waals surface area contributed by atoms with Crippen molar-refractivity contribution in [3.63, 3.8) is 0 Å². The molecule has 0 spiro atoms. The van der Waals surface area contributed by atoms with E-state index in [2.05, 4.69) is 0 Å². The first kappa shape index (κ1) is 13.3. The fourth-order valence-corrected chi connectivity index (χ4v) is 1.25. The van der Waals surface area contributed by atoms with Crippen LogP contribution in [0.4, 0.5) is 8.78 Å². The van der Waals surface area contributed by atoms with Crippen LogP contribution in [0, 0.1) is 13.8 Å². The van der Waals surface area contributed by atoms with Gasteiger partial charge in [0.15, 0.2) is 0 Å². The SMILES string of the molecule is Cc1ccc(C)c([C@@H](N)C(F)F)c1.Cl. The Morgan fingerprint density at radius 1 is 1.21 bits per heavy atom. The highest BCUT2D eigenvalue weighted by molar-refractivity contribution is 5.85.